The fourth-order valence-electron chi connectivity index (χ4n) is 7.78. The van der Waals surface area contributed by atoms with E-state index in [1.807, 2.05) is 129 Å². The van der Waals surface area contributed by atoms with E-state index in [1.54, 1.807) is 9.70 Å². The van der Waals surface area contributed by atoms with Crippen molar-refractivity contribution >= 4 is 11.9 Å². The summed E-state index contributed by atoms with van der Waals surface area (Å²) in [6, 6.07) is 56.1. The van der Waals surface area contributed by atoms with Gasteiger partial charge >= 0.3 is 5.97 Å². The Morgan fingerprint density at radius 2 is 1.19 bits per heavy atom. The Labute approximate surface area is 347 Å². The molecule has 8 heteroatoms. The van der Waals surface area contributed by atoms with Crippen molar-refractivity contribution in [2.75, 3.05) is 0 Å². The topological polar surface area (TPSA) is 90.2 Å². The molecule has 2 atom stereocenters. The van der Waals surface area contributed by atoms with Crippen LogP contribution in [0.5, 0.6) is 0 Å². The van der Waals surface area contributed by atoms with Crippen molar-refractivity contribution in [3.63, 3.8) is 0 Å². The van der Waals surface area contributed by atoms with Crippen LogP contribution in [0.3, 0.4) is 0 Å². The van der Waals surface area contributed by atoms with Crippen molar-refractivity contribution in [3.05, 3.63) is 198 Å². The van der Waals surface area contributed by atoms with Gasteiger partial charge in [0.15, 0.2) is 5.54 Å². The maximum atomic E-state index is 13.9. The first kappa shape index (κ1) is 40.5. The highest BCUT2D eigenvalue weighted by atomic mass is 16.5. The standard InChI is InChI=1S/C51H51N5O3/c1-4-6-31-47(57)55(48(38(3)5-2)50(58)59-37-40-21-11-7-12-22-40)36-39-32-34-41(35-33-39)45-29-19-20-30-46(45)49-52-54-56(53-49)51(42-23-13-8-14-24-42,43-25-15-9-16-26-43)44-27-17-10-18-28-44/h7-30,32-35,38,48H,4-6,31,36-37H2,1-3H3/t38-,48-/m0/s1. The highest BCUT2D eigenvalue weighted by Crippen LogP contribution is 2.40. The molecular formula is C51H51N5O3. The number of carbonyl (C=O) groups is 2. The zero-order valence-electron chi connectivity index (χ0n) is 34.0. The van der Waals surface area contributed by atoms with Crippen LogP contribution in [-0.4, -0.2) is 43.0 Å². The molecule has 7 aromatic rings. The minimum absolute atomic E-state index is 0.0463. The van der Waals surface area contributed by atoms with Gasteiger partial charge in [0.25, 0.3) is 0 Å². The van der Waals surface area contributed by atoms with Crippen molar-refractivity contribution in [3.8, 4) is 22.5 Å². The van der Waals surface area contributed by atoms with Crippen LogP contribution in [0.2, 0.25) is 0 Å². The number of unbranched alkanes of at least 4 members (excludes halogenated alkanes) is 1. The van der Waals surface area contributed by atoms with Gasteiger partial charge in [-0.3, -0.25) is 4.79 Å². The average Bonchev–Trinajstić information content (AvgIpc) is 3.79. The predicted molar refractivity (Wildman–Crippen MR) is 233 cm³/mol. The summed E-state index contributed by atoms with van der Waals surface area (Å²) >= 11 is 0. The number of benzene rings is 6. The molecule has 1 aromatic heterocycles. The van der Waals surface area contributed by atoms with E-state index in [0.29, 0.717) is 12.2 Å². The van der Waals surface area contributed by atoms with Gasteiger partial charge in [0.05, 0.1) is 0 Å². The molecule has 0 aliphatic rings. The van der Waals surface area contributed by atoms with E-state index in [4.69, 9.17) is 20.1 Å². The average molecular weight is 782 g/mol. The van der Waals surface area contributed by atoms with Crippen LogP contribution in [0.15, 0.2) is 170 Å². The molecule has 1 amide bonds. The zero-order valence-corrected chi connectivity index (χ0v) is 34.0. The molecular weight excluding hydrogens is 731 g/mol. The summed E-state index contributed by atoms with van der Waals surface area (Å²) in [5.74, 6) is -0.0276. The lowest BCUT2D eigenvalue weighted by Crippen LogP contribution is -2.48. The predicted octanol–water partition coefficient (Wildman–Crippen LogP) is 10.5. The van der Waals surface area contributed by atoms with Gasteiger partial charge in [-0.05, 0) is 56.5 Å². The summed E-state index contributed by atoms with van der Waals surface area (Å²) in [6.07, 6.45) is 2.72. The lowest BCUT2D eigenvalue weighted by atomic mass is 9.77. The molecule has 6 aromatic carbocycles. The van der Waals surface area contributed by atoms with Crippen LogP contribution in [0.25, 0.3) is 22.5 Å². The molecule has 0 spiro atoms. The second-order valence-corrected chi connectivity index (χ2v) is 15.0. The zero-order chi connectivity index (χ0) is 41.0. The minimum Gasteiger partial charge on any atom is -0.459 e. The highest BCUT2D eigenvalue weighted by molar-refractivity contribution is 5.85. The normalized spacial score (nSPS) is 12.4. The van der Waals surface area contributed by atoms with Crippen LogP contribution in [0.1, 0.15) is 74.3 Å². The molecule has 7 rings (SSSR count). The Morgan fingerprint density at radius 1 is 0.661 bits per heavy atom. The smallest absolute Gasteiger partial charge is 0.329 e. The molecule has 0 fully saturated rings. The first-order valence-corrected chi connectivity index (χ1v) is 20.6. The molecule has 0 aliphatic heterocycles. The number of hydrogen-bond donors (Lipinski definition) is 0. The van der Waals surface area contributed by atoms with Crippen LogP contribution in [-0.2, 0) is 33.0 Å². The van der Waals surface area contributed by atoms with Crippen LogP contribution in [0.4, 0.5) is 0 Å². The third-order valence-electron chi connectivity index (χ3n) is 11.1. The van der Waals surface area contributed by atoms with Crippen LogP contribution < -0.4 is 0 Å². The lowest BCUT2D eigenvalue weighted by Gasteiger charge is -2.34. The van der Waals surface area contributed by atoms with Gasteiger partial charge < -0.3 is 9.64 Å². The number of amides is 1. The van der Waals surface area contributed by atoms with Crippen molar-refractivity contribution in [1.82, 2.24) is 25.1 Å². The van der Waals surface area contributed by atoms with Crippen molar-refractivity contribution in [1.29, 1.82) is 0 Å². The second-order valence-electron chi connectivity index (χ2n) is 15.0. The molecule has 0 N–H and O–H groups in total. The first-order chi connectivity index (χ1) is 28.9. The van der Waals surface area contributed by atoms with E-state index < -0.39 is 11.6 Å². The van der Waals surface area contributed by atoms with Gasteiger partial charge in [0, 0.05) is 18.5 Å². The third-order valence-corrected chi connectivity index (χ3v) is 11.1. The number of esters is 1. The number of nitrogens with zero attached hydrogens (tertiary/aromatic N) is 5. The number of hydrogen-bond acceptors (Lipinski definition) is 6. The van der Waals surface area contributed by atoms with Gasteiger partial charge in [-0.25, -0.2) is 4.79 Å². The van der Waals surface area contributed by atoms with Crippen molar-refractivity contribution in [2.24, 2.45) is 5.92 Å². The van der Waals surface area contributed by atoms with Crippen molar-refractivity contribution in [2.45, 2.75) is 71.2 Å². The number of ether oxygens (including phenoxy) is 1. The number of carbonyl (C=O) groups excluding carboxylic acids is 2. The SMILES string of the molecule is CCCCC(=O)N(Cc1ccc(-c2ccccc2-c2nnn(C(c3ccccc3)(c3ccccc3)c3ccccc3)n2)cc1)[C@H](C(=O)OCc1ccccc1)[C@@H](C)CC. The summed E-state index contributed by atoms with van der Waals surface area (Å²) in [5, 5.41) is 14.7. The molecule has 298 valence electrons. The summed E-state index contributed by atoms with van der Waals surface area (Å²) in [4.78, 5) is 31.2. The Kier molecular flexibility index (Phi) is 13.2. The van der Waals surface area contributed by atoms with Crippen LogP contribution in [0, 0.1) is 5.92 Å². The lowest BCUT2D eigenvalue weighted by molar-refractivity contribution is -0.159. The van der Waals surface area contributed by atoms with Crippen LogP contribution >= 0.6 is 0 Å². The van der Waals surface area contributed by atoms with Gasteiger partial charge in [0.1, 0.15) is 12.6 Å². The molecule has 0 radical (unpaired) electrons. The number of rotatable bonds is 17. The molecule has 8 nitrogen and oxygen atoms in total. The fraction of sp³-hybridized carbons (Fsp3) is 0.235. The van der Waals surface area contributed by atoms with E-state index in [9.17, 15) is 9.59 Å². The first-order valence-electron chi connectivity index (χ1n) is 20.6. The summed E-state index contributed by atoms with van der Waals surface area (Å²) in [5.41, 5.74) is 6.70. The monoisotopic (exact) mass is 781 g/mol. The van der Waals surface area contributed by atoms with Crippen molar-refractivity contribution < 1.29 is 14.3 Å². The Bertz CT molecular complexity index is 2300. The van der Waals surface area contributed by atoms with E-state index in [1.165, 1.54) is 0 Å². The van der Waals surface area contributed by atoms with Gasteiger partial charge in [-0.15, -0.1) is 15.0 Å². The molecule has 0 saturated heterocycles. The molecule has 1 heterocycles. The Balaban J connectivity index is 1.21. The van der Waals surface area contributed by atoms with Gasteiger partial charge in [-0.1, -0.05) is 203 Å². The third kappa shape index (κ3) is 8.92. The summed E-state index contributed by atoms with van der Waals surface area (Å²) < 4.78 is 5.87. The maximum Gasteiger partial charge on any atom is 0.329 e. The number of tetrazole rings is 1. The Morgan fingerprint density at radius 3 is 1.73 bits per heavy atom. The van der Waals surface area contributed by atoms with E-state index in [2.05, 4.69) is 61.5 Å². The van der Waals surface area contributed by atoms with Gasteiger partial charge in [-0.2, -0.15) is 0 Å². The summed E-state index contributed by atoms with van der Waals surface area (Å²) in [7, 11) is 0. The molecule has 0 aliphatic carbocycles. The molecule has 0 bridgehead atoms. The molecule has 59 heavy (non-hydrogen) atoms. The van der Waals surface area contributed by atoms with E-state index in [-0.39, 0.29) is 30.9 Å². The van der Waals surface area contributed by atoms with E-state index >= 15 is 0 Å². The highest BCUT2D eigenvalue weighted by Gasteiger charge is 2.41. The quantitative estimate of drug-likeness (QED) is 0.0675. The fourth-order valence-corrected chi connectivity index (χ4v) is 7.78. The van der Waals surface area contributed by atoms with E-state index in [0.717, 1.165) is 63.8 Å². The second kappa shape index (κ2) is 19.2. The molecule has 0 saturated carbocycles. The maximum absolute atomic E-state index is 13.9. The minimum atomic E-state index is -0.896. The van der Waals surface area contributed by atoms with Gasteiger partial charge in [0.2, 0.25) is 11.7 Å². The molecule has 0 unspecified atom stereocenters. The largest absolute Gasteiger partial charge is 0.459 e. The Hall–Kier alpha value is -6.67. The number of aromatic nitrogens is 4. The summed E-state index contributed by atoms with van der Waals surface area (Å²) in [6.45, 7) is 6.57.